The first-order chi connectivity index (χ1) is 13.8. The van der Waals surface area contributed by atoms with Gasteiger partial charge in [-0.3, -0.25) is 9.59 Å². The van der Waals surface area contributed by atoms with Crippen LogP contribution < -0.4 is 4.74 Å². The number of rotatable bonds is 5. The number of ether oxygens (including phenoxy) is 4. The lowest BCUT2D eigenvalue weighted by molar-refractivity contribution is -0.193. The number of esters is 2. The minimum absolute atomic E-state index is 0.0229. The maximum atomic E-state index is 11.6. The fraction of sp³-hybridized carbons (Fsp3) is 0.478. The fourth-order valence-electron chi connectivity index (χ4n) is 4.12. The SMILES string of the molecule is COc1c([C@H]2C[C@@H](C)[C@H](OC(C)=O)[C@@H](COC(C)=O)O2)cc(C)c2ccccc12. The van der Waals surface area contributed by atoms with E-state index in [0.29, 0.717) is 6.42 Å². The summed E-state index contributed by atoms with van der Waals surface area (Å²) >= 11 is 0. The van der Waals surface area contributed by atoms with Crippen LogP contribution in [0.1, 0.15) is 44.4 Å². The Morgan fingerprint density at radius 3 is 2.45 bits per heavy atom. The predicted molar refractivity (Wildman–Crippen MR) is 109 cm³/mol. The normalized spacial score (nSPS) is 24.2. The lowest BCUT2D eigenvalue weighted by Gasteiger charge is -2.40. The topological polar surface area (TPSA) is 71.1 Å². The Balaban J connectivity index is 1.98. The molecular weight excluding hydrogens is 372 g/mol. The molecule has 1 fully saturated rings. The molecule has 0 bridgehead atoms. The van der Waals surface area contributed by atoms with Gasteiger partial charge in [0, 0.05) is 24.8 Å². The molecule has 6 heteroatoms. The third-order valence-corrected chi connectivity index (χ3v) is 5.39. The summed E-state index contributed by atoms with van der Waals surface area (Å²) in [5, 5.41) is 2.16. The average Bonchev–Trinajstić information content (AvgIpc) is 2.68. The molecule has 0 saturated carbocycles. The van der Waals surface area contributed by atoms with Crippen LogP contribution in [-0.2, 0) is 23.8 Å². The van der Waals surface area contributed by atoms with Crippen molar-refractivity contribution in [3.05, 3.63) is 41.5 Å². The standard InChI is InChI=1S/C23H28O6/c1-13-10-19(23(26-5)18-9-7-6-8-17(13)18)20-11-14(2)22(28-16(4)25)21(29-20)12-27-15(3)24/h6-10,14,20-22H,11-12H2,1-5H3/t14-,20-,21-,22+/m1/s1. The van der Waals surface area contributed by atoms with Crippen molar-refractivity contribution in [2.75, 3.05) is 13.7 Å². The monoisotopic (exact) mass is 400 g/mol. The highest BCUT2D eigenvalue weighted by molar-refractivity contribution is 5.92. The van der Waals surface area contributed by atoms with E-state index < -0.39 is 18.2 Å². The fourth-order valence-corrected chi connectivity index (χ4v) is 4.12. The van der Waals surface area contributed by atoms with Gasteiger partial charge in [-0.2, -0.15) is 0 Å². The van der Waals surface area contributed by atoms with Crippen LogP contribution >= 0.6 is 0 Å². The van der Waals surface area contributed by atoms with E-state index in [1.807, 2.05) is 25.1 Å². The molecule has 29 heavy (non-hydrogen) atoms. The molecule has 6 nitrogen and oxygen atoms in total. The van der Waals surface area contributed by atoms with Gasteiger partial charge in [-0.15, -0.1) is 0 Å². The van der Waals surface area contributed by atoms with E-state index in [9.17, 15) is 9.59 Å². The molecule has 0 aliphatic carbocycles. The first-order valence-corrected chi connectivity index (χ1v) is 9.84. The molecular formula is C23H28O6. The van der Waals surface area contributed by atoms with E-state index in [1.54, 1.807) is 7.11 Å². The molecule has 1 aliphatic rings. The first kappa shape index (κ1) is 21.1. The Hall–Kier alpha value is -2.60. The zero-order valence-electron chi connectivity index (χ0n) is 17.6. The Bertz CT molecular complexity index is 906. The van der Waals surface area contributed by atoms with Crippen molar-refractivity contribution in [3.8, 4) is 5.75 Å². The third kappa shape index (κ3) is 4.53. The van der Waals surface area contributed by atoms with E-state index >= 15 is 0 Å². The van der Waals surface area contributed by atoms with Gasteiger partial charge in [-0.25, -0.2) is 0 Å². The number of hydrogen-bond acceptors (Lipinski definition) is 6. The molecule has 0 spiro atoms. The molecule has 0 aromatic heterocycles. The maximum absolute atomic E-state index is 11.6. The van der Waals surface area contributed by atoms with Gasteiger partial charge >= 0.3 is 11.9 Å². The largest absolute Gasteiger partial charge is 0.496 e. The highest BCUT2D eigenvalue weighted by Gasteiger charge is 2.41. The summed E-state index contributed by atoms with van der Waals surface area (Å²) in [7, 11) is 1.66. The van der Waals surface area contributed by atoms with Gasteiger partial charge < -0.3 is 18.9 Å². The van der Waals surface area contributed by atoms with E-state index in [0.717, 1.165) is 27.6 Å². The number of carbonyl (C=O) groups excluding carboxylic acids is 2. The van der Waals surface area contributed by atoms with E-state index in [1.165, 1.54) is 13.8 Å². The Kier molecular flexibility index (Phi) is 6.42. The number of aryl methyl sites for hydroxylation is 1. The second kappa shape index (κ2) is 8.82. The lowest BCUT2D eigenvalue weighted by atomic mass is 9.86. The Morgan fingerprint density at radius 2 is 1.83 bits per heavy atom. The van der Waals surface area contributed by atoms with Crippen LogP contribution in [0.5, 0.6) is 5.75 Å². The van der Waals surface area contributed by atoms with Crippen molar-refractivity contribution >= 4 is 22.7 Å². The van der Waals surface area contributed by atoms with Crippen molar-refractivity contribution < 1.29 is 28.5 Å². The second-order valence-electron chi connectivity index (χ2n) is 7.61. The molecule has 0 N–H and O–H groups in total. The summed E-state index contributed by atoms with van der Waals surface area (Å²) in [4.78, 5) is 22.9. The molecule has 1 aliphatic heterocycles. The lowest BCUT2D eigenvalue weighted by Crippen LogP contribution is -2.46. The van der Waals surface area contributed by atoms with Crippen LogP contribution in [-0.4, -0.2) is 37.9 Å². The molecule has 3 rings (SSSR count). The molecule has 1 heterocycles. The molecule has 4 atom stereocenters. The third-order valence-electron chi connectivity index (χ3n) is 5.39. The average molecular weight is 400 g/mol. The van der Waals surface area contributed by atoms with Gasteiger partial charge in [-0.1, -0.05) is 31.2 Å². The summed E-state index contributed by atoms with van der Waals surface area (Å²) < 4.78 is 22.8. The second-order valence-corrected chi connectivity index (χ2v) is 7.61. The zero-order valence-corrected chi connectivity index (χ0v) is 17.6. The zero-order chi connectivity index (χ0) is 21.1. The quantitative estimate of drug-likeness (QED) is 0.703. The number of carbonyl (C=O) groups is 2. The van der Waals surface area contributed by atoms with E-state index in [-0.39, 0.29) is 24.6 Å². The summed E-state index contributed by atoms with van der Waals surface area (Å²) in [5.74, 6) is 0.0233. The summed E-state index contributed by atoms with van der Waals surface area (Å²) in [6.45, 7) is 6.83. The van der Waals surface area contributed by atoms with Crippen molar-refractivity contribution in [2.45, 2.75) is 52.4 Å². The van der Waals surface area contributed by atoms with E-state index in [2.05, 4.69) is 19.1 Å². The molecule has 2 aromatic carbocycles. The summed E-state index contributed by atoms with van der Waals surface area (Å²) in [6, 6.07) is 10.2. The first-order valence-electron chi connectivity index (χ1n) is 9.84. The van der Waals surface area contributed by atoms with E-state index in [4.69, 9.17) is 18.9 Å². The van der Waals surface area contributed by atoms with Gasteiger partial charge in [0.15, 0.2) is 0 Å². The molecule has 0 unspecified atom stereocenters. The molecule has 2 aromatic rings. The van der Waals surface area contributed by atoms with Crippen molar-refractivity contribution in [3.63, 3.8) is 0 Å². The highest BCUT2D eigenvalue weighted by Crippen LogP contribution is 2.43. The minimum Gasteiger partial charge on any atom is -0.496 e. The summed E-state index contributed by atoms with van der Waals surface area (Å²) in [6.07, 6.45) is -0.637. The Morgan fingerprint density at radius 1 is 1.14 bits per heavy atom. The highest BCUT2D eigenvalue weighted by atomic mass is 16.6. The van der Waals surface area contributed by atoms with Gasteiger partial charge in [-0.05, 0) is 36.3 Å². The van der Waals surface area contributed by atoms with Crippen LogP contribution in [0.25, 0.3) is 10.8 Å². The van der Waals surface area contributed by atoms with Crippen molar-refractivity contribution in [2.24, 2.45) is 5.92 Å². The van der Waals surface area contributed by atoms with Crippen molar-refractivity contribution in [1.29, 1.82) is 0 Å². The molecule has 1 saturated heterocycles. The van der Waals surface area contributed by atoms with Crippen LogP contribution in [0.3, 0.4) is 0 Å². The van der Waals surface area contributed by atoms with Crippen LogP contribution in [0.4, 0.5) is 0 Å². The van der Waals surface area contributed by atoms with Gasteiger partial charge in [0.05, 0.1) is 13.2 Å². The van der Waals surface area contributed by atoms with Crippen LogP contribution in [0.15, 0.2) is 30.3 Å². The van der Waals surface area contributed by atoms with Crippen LogP contribution in [0, 0.1) is 12.8 Å². The molecule has 0 amide bonds. The summed E-state index contributed by atoms with van der Waals surface area (Å²) in [5.41, 5.74) is 2.08. The number of hydrogen-bond donors (Lipinski definition) is 0. The van der Waals surface area contributed by atoms with Crippen LogP contribution in [0.2, 0.25) is 0 Å². The Labute approximate surface area is 171 Å². The number of methoxy groups -OCH3 is 1. The van der Waals surface area contributed by atoms with Gasteiger partial charge in [0.2, 0.25) is 0 Å². The smallest absolute Gasteiger partial charge is 0.303 e. The molecule has 156 valence electrons. The van der Waals surface area contributed by atoms with Gasteiger partial charge in [0.1, 0.15) is 24.6 Å². The predicted octanol–water partition coefficient (Wildman–Crippen LogP) is 4.12. The number of benzene rings is 2. The van der Waals surface area contributed by atoms with Gasteiger partial charge in [0.25, 0.3) is 0 Å². The maximum Gasteiger partial charge on any atom is 0.303 e. The van der Waals surface area contributed by atoms with Crippen molar-refractivity contribution in [1.82, 2.24) is 0 Å². The number of fused-ring (bicyclic) bond motifs is 1. The molecule has 0 radical (unpaired) electrons. The minimum atomic E-state index is -0.548.